The Bertz CT molecular complexity index is 1120. The predicted octanol–water partition coefficient (Wildman–Crippen LogP) is 3.99. The second-order valence-corrected chi connectivity index (χ2v) is 8.61. The van der Waals surface area contributed by atoms with Crippen molar-refractivity contribution in [1.29, 1.82) is 0 Å². The average molecular weight is 468 g/mol. The Morgan fingerprint density at radius 3 is 2.70 bits per heavy atom. The molecule has 172 valence electrons. The third-order valence-electron chi connectivity index (χ3n) is 5.45. The summed E-state index contributed by atoms with van der Waals surface area (Å²) in [5.41, 5.74) is 2.43. The van der Waals surface area contributed by atoms with Crippen LogP contribution in [0.1, 0.15) is 5.56 Å². The summed E-state index contributed by atoms with van der Waals surface area (Å²) in [6.07, 6.45) is 1.72. The number of carbonyl (C=O) groups excluding carboxylic acids is 1. The lowest BCUT2D eigenvalue weighted by Gasteiger charge is -2.36. The topological polar surface area (TPSA) is 70.6 Å². The molecule has 7 nitrogen and oxygen atoms in total. The molecule has 0 radical (unpaired) electrons. The van der Waals surface area contributed by atoms with Crippen molar-refractivity contribution >= 4 is 34.9 Å². The van der Waals surface area contributed by atoms with E-state index in [0.29, 0.717) is 10.8 Å². The van der Waals surface area contributed by atoms with Gasteiger partial charge in [0.2, 0.25) is 5.91 Å². The molecule has 0 atom stereocenters. The highest BCUT2D eigenvalue weighted by Crippen LogP contribution is 2.24. The maximum absolute atomic E-state index is 13.4. The van der Waals surface area contributed by atoms with Gasteiger partial charge < -0.3 is 19.9 Å². The van der Waals surface area contributed by atoms with Crippen molar-refractivity contribution in [2.75, 3.05) is 54.2 Å². The van der Waals surface area contributed by atoms with Crippen LogP contribution in [0.4, 0.5) is 21.6 Å². The number of carbonyl (C=O) groups is 1. The fourth-order valence-electron chi connectivity index (χ4n) is 3.62. The molecule has 0 spiro atoms. The fourth-order valence-corrected chi connectivity index (χ4v) is 4.25. The third kappa shape index (κ3) is 5.92. The number of nitrogens with zero attached hydrogens (tertiary/aromatic N) is 4. The zero-order valence-electron chi connectivity index (χ0n) is 18.6. The number of amides is 1. The maximum Gasteiger partial charge on any atom is 0.234 e. The molecule has 0 saturated carbocycles. The summed E-state index contributed by atoms with van der Waals surface area (Å²) < 4.78 is 18.8. The number of nitrogens with one attached hydrogen (secondary N) is 1. The quantitative estimate of drug-likeness (QED) is 0.416. The average Bonchev–Trinajstić information content (AvgIpc) is 2.85. The molecule has 1 fully saturated rings. The number of halogens is 1. The monoisotopic (exact) mass is 467 g/mol. The Kier molecular flexibility index (Phi) is 7.29. The lowest BCUT2D eigenvalue weighted by molar-refractivity contribution is -0.113. The summed E-state index contributed by atoms with van der Waals surface area (Å²) in [5.74, 6) is 1.23. The number of aryl methyl sites for hydroxylation is 1. The summed E-state index contributed by atoms with van der Waals surface area (Å²) >= 11 is 1.26. The third-order valence-corrected chi connectivity index (χ3v) is 6.31. The Morgan fingerprint density at radius 2 is 1.91 bits per heavy atom. The molecule has 2 heterocycles. The van der Waals surface area contributed by atoms with Crippen LogP contribution in [0, 0.1) is 12.7 Å². The SMILES string of the molecule is COc1cccc(N2CCN(c3ccnc(SCC(=O)Nc4cc(F)ccc4C)n3)CC2)c1. The second-order valence-electron chi connectivity index (χ2n) is 7.67. The number of thioether (sulfide) groups is 1. The zero-order chi connectivity index (χ0) is 23.2. The van der Waals surface area contributed by atoms with E-state index in [2.05, 4.69) is 31.2 Å². The summed E-state index contributed by atoms with van der Waals surface area (Å²) in [5, 5.41) is 3.28. The van der Waals surface area contributed by atoms with Gasteiger partial charge in [-0.25, -0.2) is 14.4 Å². The fraction of sp³-hybridized carbons (Fsp3) is 0.292. The molecule has 33 heavy (non-hydrogen) atoms. The van der Waals surface area contributed by atoms with Gasteiger partial charge in [0, 0.05) is 49.8 Å². The summed E-state index contributed by atoms with van der Waals surface area (Å²) in [4.78, 5) is 25.8. The molecule has 1 saturated heterocycles. The molecule has 0 bridgehead atoms. The zero-order valence-corrected chi connectivity index (χ0v) is 19.4. The number of rotatable bonds is 7. The highest BCUT2D eigenvalue weighted by atomic mass is 32.2. The Balaban J connectivity index is 1.31. The van der Waals surface area contributed by atoms with Gasteiger partial charge in [0.1, 0.15) is 17.4 Å². The smallest absolute Gasteiger partial charge is 0.234 e. The van der Waals surface area contributed by atoms with Gasteiger partial charge >= 0.3 is 0 Å². The predicted molar refractivity (Wildman–Crippen MR) is 130 cm³/mol. The van der Waals surface area contributed by atoms with Crippen molar-refractivity contribution in [2.45, 2.75) is 12.1 Å². The largest absolute Gasteiger partial charge is 0.497 e. The van der Waals surface area contributed by atoms with Crippen molar-refractivity contribution in [1.82, 2.24) is 9.97 Å². The number of ether oxygens (including phenoxy) is 1. The normalized spacial score (nSPS) is 13.7. The Morgan fingerprint density at radius 1 is 1.12 bits per heavy atom. The van der Waals surface area contributed by atoms with Crippen LogP contribution in [-0.2, 0) is 4.79 Å². The van der Waals surface area contributed by atoms with Gasteiger partial charge in [0.05, 0.1) is 12.9 Å². The Hall–Kier alpha value is -3.33. The number of hydrogen-bond acceptors (Lipinski definition) is 7. The molecule has 2 aromatic carbocycles. The van der Waals surface area contributed by atoms with E-state index in [-0.39, 0.29) is 17.5 Å². The molecular weight excluding hydrogens is 441 g/mol. The molecule has 1 aromatic heterocycles. The van der Waals surface area contributed by atoms with E-state index in [4.69, 9.17) is 4.74 Å². The van der Waals surface area contributed by atoms with Crippen LogP contribution in [0.25, 0.3) is 0 Å². The first-order valence-corrected chi connectivity index (χ1v) is 11.7. The number of methoxy groups -OCH3 is 1. The van der Waals surface area contributed by atoms with Crippen molar-refractivity contribution in [3.05, 3.63) is 66.1 Å². The first-order valence-electron chi connectivity index (χ1n) is 10.7. The lowest BCUT2D eigenvalue weighted by Crippen LogP contribution is -2.46. The molecule has 3 aromatic rings. The summed E-state index contributed by atoms with van der Waals surface area (Å²) in [7, 11) is 1.67. The summed E-state index contributed by atoms with van der Waals surface area (Å²) in [6.45, 7) is 5.22. The molecular formula is C24H26FN5O2S. The number of piperazine rings is 1. The van der Waals surface area contributed by atoms with Crippen molar-refractivity contribution in [3.63, 3.8) is 0 Å². The van der Waals surface area contributed by atoms with E-state index < -0.39 is 0 Å². The molecule has 4 rings (SSSR count). The minimum absolute atomic E-state index is 0.142. The van der Waals surface area contributed by atoms with Gasteiger partial charge in [0.25, 0.3) is 0 Å². The Labute approximate surface area is 197 Å². The van der Waals surface area contributed by atoms with Crippen molar-refractivity contribution in [2.24, 2.45) is 0 Å². The van der Waals surface area contributed by atoms with Crippen LogP contribution in [0.5, 0.6) is 5.75 Å². The van der Waals surface area contributed by atoms with Crippen LogP contribution in [0.15, 0.2) is 59.9 Å². The highest BCUT2D eigenvalue weighted by Gasteiger charge is 2.19. The van der Waals surface area contributed by atoms with Gasteiger partial charge in [-0.1, -0.05) is 23.9 Å². The second kappa shape index (κ2) is 10.5. The standard InChI is InChI=1S/C24H26FN5O2S/c1-17-6-7-18(25)14-21(17)27-23(31)16-33-24-26-9-8-22(28-24)30-12-10-29(11-13-30)19-4-3-5-20(15-19)32-2/h3-9,14-15H,10-13,16H2,1-2H3,(H,27,31). The highest BCUT2D eigenvalue weighted by molar-refractivity contribution is 7.99. The molecule has 0 aliphatic carbocycles. The van der Waals surface area contributed by atoms with Gasteiger partial charge in [0.15, 0.2) is 5.16 Å². The van der Waals surface area contributed by atoms with Crippen LogP contribution in [0.3, 0.4) is 0 Å². The minimum atomic E-state index is -0.383. The van der Waals surface area contributed by atoms with Crippen LogP contribution >= 0.6 is 11.8 Å². The van der Waals surface area contributed by atoms with Gasteiger partial charge in [-0.3, -0.25) is 4.79 Å². The van der Waals surface area contributed by atoms with Gasteiger partial charge in [-0.15, -0.1) is 0 Å². The lowest BCUT2D eigenvalue weighted by atomic mass is 10.2. The van der Waals surface area contributed by atoms with Crippen molar-refractivity contribution < 1.29 is 13.9 Å². The molecule has 1 amide bonds. The summed E-state index contributed by atoms with van der Waals surface area (Å²) in [6, 6.07) is 14.3. The van der Waals surface area contributed by atoms with Crippen LogP contribution in [0.2, 0.25) is 0 Å². The van der Waals surface area contributed by atoms with E-state index in [9.17, 15) is 9.18 Å². The van der Waals surface area contributed by atoms with Gasteiger partial charge in [-0.2, -0.15) is 0 Å². The van der Waals surface area contributed by atoms with Crippen LogP contribution < -0.4 is 19.9 Å². The molecule has 1 aliphatic rings. The number of benzene rings is 2. The first kappa shape index (κ1) is 22.8. The molecule has 1 aliphatic heterocycles. The maximum atomic E-state index is 13.4. The molecule has 0 unspecified atom stereocenters. The first-order chi connectivity index (χ1) is 16.0. The number of aromatic nitrogens is 2. The van der Waals surface area contributed by atoms with E-state index in [1.807, 2.05) is 31.2 Å². The van der Waals surface area contributed by atoms with Crippen LogP contribution in [-0.4, -0.2) is 54.9 Å². The number of anilines is 3. The van der Waals surface area contributed by atoms with E-state index in [1.165, 1.54) is 23.9 Å². The molecule has 9 heteroatoms. The number of hydrogen-bond donors (Lipinski definition) is 1. The molecule has 1 N–H and O–H groups in total. The van der Waals surface area contributed by atoms with Crippen molar-refractivity contribution in [3.8, 4) is 5.75 Å². The van der Waals surface area contributed by atoms with E-state index >= 15 is 0 Å². The van der Waals surface area contributed by atoms with E-state index in [1.54, 1.807) is 19.4 Å². The minimum Gasteiger partial charge on any atom is -0.497 e. The van der Waals surface area contributed by atoms with Gasteiger partial charge in [-0.05, 0) is 42.8 Å². The van der Waals surface area contributed by atoms with E-state index in [0.717, 1.165) is 49.0 Å².